The van der Waals surface area contributed by atoms with Gasteiger partial charge >= 0.3 is 6.03 Å². The van der Waals surface area contributed by atoms with Crippen molar-refractivity contribution in [2.75, 3.05) is 44.8 Å². The Balaban J connectivity index is 1.83. The van der Waals surface area contributed by atoms with E-state index in [-0.39, 0.29) is 51.9 Å². The van der Waals surface area contributed by atoms with Gasteiger partial charge in [-0.2, -0.15) is 0 Å². The lowest BCUT2D eigenvalue weighted by molar-refractivity contribution is -0.138. The zero-order valence-corrected chi connectivity index (χ0v) is 23.9. The Kier molecular flexibility index (Phi) is 14.1. The largest absolute Gasteiger partial charge is 0.377 e. The number of carbonyl (C=O) groups excluding carboxylic acids is 6. The topological polar surface area (TPSA) is 198 Å². The van der Waals surface area contributed by atoms with Crippen LogP contribution in [-0.2, 0) is 33.4 Å². The number of hydrogen-bond acceptors (Lipinski definition) is 8. The van der Waals surface area contributed by atoms with E-state index < -0.39 is 47.7 Å². The highest BCUT2D eigenvalue weighted by Crippen LogP contribution is 2.11. The summed E-state index contributed by atoms with van der Waals surface area (Å²) in [6.07, 6.45) is 2.94. The Bertz CT molecular complexity index is 1120. The van der Waals surface area contributed by atoms with Gasteiger partial charge in [0.15, 0.2) is 0 Å². The van der Waals surface area contributed by atoms with Crippen LogP contribution < -0.4 is 27.0 Å². The second-order valence-electron chi connectivity index (χ2n) is 9.80. The summed E-state index contributed by atoms with van der Waals surface area (Å²) in [5.74, 6) is -2.66. The molecule has 0 spiro atoms. The second kappa shape index (κ2) is 17.5. The average Bonchev–Trinajstić information content (AvgIpc) is 3.25. The molecule has 14 heteroatoms. The predicted molar refractivity (Wildman–Crippen MR) is 153 cm³/mol. The minimum atomic E-state index is -0.958. The van der Waals surface area contributed by atoms with E-state index in [1.807, 2.05) is 0 Å². The number of imide groups is 1. The fourth-order valence-electron chi connectivity index (χ4n) is 3.81. The molecule has 0 saturated heterocycles. The van der Waals surface area contributed by atoms with Gasteiger partial charge in [0.25, 0.3) is 11.8 Å². The highest BCUT2D eigenvalue weighted by Gasteiger charge is 2.29. The lowest BCUT2D eigenvalue weighted by Crippen LogP contribution is -2.55. The van der Waals surface area contributed by atoms with Gasteiger partial charge in [-0.25, -0.2) is 4.79 Å². The molecule has 1 aromatic rings. The van der Waals surface area contributed by atoms with Gasteiger partial charge in [-0.05, 0) is 43.4 Å². The Hall–Kier alpha value is -4.30. The third-order valence-electron chi connectivity index (χ3n) is 6.05. The fraction of sp³-hybridized carbons (Fsp3) is 0.464. The molecule has 2 rings (SSSR count). The van der Waals surface area contributed by atoms with Gasteiger partial charge in [-0.15, -0.1) is 0 Å². The number of nitrogens with zero attached hydrogens (tertiary/aromatic N) is 1. The molecule has 6 N–H and O–H groups in total. The summed E-state index contributed by atoms with van der Waals surface area (Å²) >= 11 is 0. The van der Waals surface area contributed by atoms with Crippen LogP contribution in [0.15, 0.2) is 36.4 Å². The van der Waals surface area contributed by atoms with Crippen molar-refractivity contribution in [3.63, 3.8) is 0 Å². The number of nitrogens with one attached hydrogen (secondary N) is 4. The van der Waals surface area contributed by atoms with Crippen LogP contribution in [0, 0.1) is 12.8 Å². The Morgan fingerprint density at radius 2 is 1.57 bits per heavy atom. The Morgan fingerprint density at radius 1 is 0.929 bits per heavy atom. The molecule has 0 saturated carbocycles. The summed E-state index contributed by atoms with van der Waals surface area (Å²) in [6, 6.07) is 4.22. The van der Waals surface area contributed by atoms with E-state index in [2.05, 4.69) is 28.2 Å². The summed E-state index contributed by atoms with van der Waals surface area (Å²) < 4.78 is 10.6. The maximum absolute atomic E-state index is 13.2. The molecular formula is C28H39N6O8. The highest BCUT2D eigenvalue weighted by atomic mass is 16.5. The van der Waals surface area contributed by atoms with Crippen LogP contribution in [0.4, 0.5) is 10.5 Å². The summed E-state index contributed by atoms with van der Waals surface area (Å²) in [5.41, 5.74) is 6.38. The van der Waals surface area contributed by atoms with E-state index in [1.54, 1.807) is 38.1 Å². The molecule has 42 heavy (non-hydrogen) atoms. The van der Waals surface area contributed by atoms with Crippen LogP contribution in [0.3, 0.4) is 0 Å². The van der Waals surface area contributed by atoms with E-state index in [9.17, 15) is 28.8 Å². The molecule has 1 aliphatic rings. The molecule has 0 bridgehead atoms. The minimum absolute atomic E-state index is 0.0722. The van der Waals surface area contributed by atoms with Crippen LogP contribution in [-0.4, -0.2) is 92.1 Å². The van der Waals surface area contributed by atoms with E-state index in [4.69, 9.17) is 15.2 Å². The van der Waals surface area contributed by atoms with Gasteiger partial charge in [0.05, 0.1) is 26.4 Å². The number of carbonyl (C=O) groups is 6. The fourth-order valence-corrected chi connectivity index (χ4v) is 3.81. The molecule has 1 aromatic carbocycles. The van der Waals surface area contributed by atoms with Crippen LogP contribution >= 0.6 is 0 Å². The zero-order valence-electron chi connectivity index (χ0n) is 23.9. The lowest BCUT2D eigenvalue weighted by atomic mass is 10.0. The van der Waals surface area contributed by atoms with E-state index in [0.717, 1.165) is 10.5 Å². The monoisotopic (exact) mass is 587 g/mol. The number of anilines is 1. The molecule has 7 amide bonds. The van der Waals surface area contributed by atoms with Gasteiger partial charge in [-0.1, -0.05) is 26.0 Å². The number of urea groups is 1. The number of primary amides is 1. The predicted octanol–water partition coefficient (Wildman–Crippen LogP) is -0.160. The van der Waals surface area contributed by atoms with Crippen molar-refractivity contribution < 1.29 is 38.2 Å². The molecular weight excluding hydrogens is 548 g/mol. The van der Waals surface area contributed by atoms with Gasteiger partial charge < -0.3 is 36.5 Å². The van der Waals surface area contributed by atoms with Crippen molar-refractivity contribution in [3.05, 3.63) is 48.9 Å². The van der Waals surface area contributed by atoms with Crippen LogP contribution in [0.2, 0.25) is 0 Å². The summed E-state index contributed by atoms with van der Waals surface area (Å²) in [6.45, 7) is 7.61. The SMILES string of the molecule is [CH2]c1ccc(NC(=O)[C@H](CCCNC(N)=O)NC(=O)[C@@H](NC(=O)COCCOCCN2C(=O)C=CC2=O)C(C)C)cc1. The summed E-state index contributed by atoms with van der Waals surface area (Å²) in [5, 5.41) is 10.5. The first-order valence-corrected chi connectivity index (χ1v) is 13.5. The third kappa shape index (κ3) is 12.1. The Labute approximate surface area is 244 Å². The summed E-state index contributed by atoms with van der Waals surface area (Å²) in [7, 11) is 0. The number of benzene rings is 1. The minimum Gasteiger partial charge on any atom is -0.377 e. The first kappa shape index (κ1) is 33.9. The number of hydrogen-bond donors (Lipinski definition) is 5. The maximum Gasteiger partial charge on any atom is 0.312 e. The average molecular weight is 588 g/mol. The molecule has 229 valence electrons. The number of nitrogens with two attached hydrogens (primary N) is 1. The van der Waals surface area contributed by atoms with Crippen molar-refractivity contribution in [2.24, 2.45) is 11.7 Å². The van der Waals surface area contributed by atoms with E-state index in [1.165, 1.54) is 12.2 Å². The molecule has 1 aliphatic heterocycles. The quantitative estimate of drug-likeness (QED) is 0.115. The van der Waals surface area contributed by atoms with Gasteiger partial charge in [0.2, 0.25) is 17.7 Å². The smallest absolute Gasteiger partial charge is 0.312 e. The van der Waals surface area contributed by atoms with Crippen molar-refractivity contribution in [1.29, 1.82) is 0 Å². The first-order chi connectivity index (χ1) is 20.0. The molecule has 14 nitrogen and oxygen atoms in total. The standard InChI is InChI=1S/C28H39N6O8/c1-18(2)25(33-22(35)17-42-16-15-41-14-13-34-23(36)10-11-24(34)37)27(39)32-21(5-4-12-30-28(29)40)26(38)31-20-8-6-19(3)7-9-20/h6-11,18,21,25H,3-5,12-17H2,1-2H3,(H,31,38)(H,32,39)(H,33,35)(H3,29,30,40)/t21-,25-/m0/s1. The van der Waals surface area contributed by atoms with Crippen LogP contribution in [0.1, 0.15) is 32.3 Å². The normalized spacial score (nSPS) is 14.0. The summed E-state index contributed by atoms with van der Waals surface area (Å²) in [4.78, 5) is 73.7. The van der Waals surface area contributed by atoms with Crippen molar-refractivity contribution in [1.82, 2.24) is 20.9 Å². The molecule has 1 radical (unpaired) electrons. The lowest BCUT2D eigenvalue weighted by Gasteiger charge is -2.25. The third-order valence-corrected chi connectivity index (χ3v) is 6.05. The maximum atomic E-state index is 13.2. The Morgan fingerprint density at radius 3 is 2.19 bits per heavy atom. The van der Waals surface area contributed by atoms with E-state index >= 15 is 0 Å². The van der Waals surface area contributed by atoms with Crippen LogP contribution in [0.25, 0.3) is 0 Å². The van der Waals surface area contributed by atoms with Crippen molar-refractivity contribution in [2.45, 2.75) is 38.8 Å². The first-order valence-electron chi connectivity index (χ1n) is 13.5. The zero-order chi connectivity index (χ0) is 31.1. The molecule has 2 atom stereocenters. The molecule has 0 unspecified atom stereocenters. The molecule has 1 heterocycles. The second-order valence-corrected chi connectivity index (χ2v) is 9.80. The van der Waals surface area contributed by atoms with Gasteiger partial charge in [0.1, 0.15) is 18.7 Å². The molecule has 0 aliphatic carbocycles. The van der Waals surface area contributed by atoms with Gasteiger partial charge in [0, 0.05) is 24.4 Å². The molecule has 0 aromatic heterocycles. The number of ether oxygens (including phenoxy) is 2. The van der Waals surface area contributed by atoms with Crippen molar-refractivity contribution in [3.8, 4) is 0 Å². The van der Waals surface area contributed by atoms with Crippen molar-refractivity contribution >= 4 is 41.3 Å². The molecule has 0 fully saturated rings. The highest BCUT2D eigenvalue weighted by molar-refractivity contribution is 6.12. The number of rotatable bonds is 18. The van der Waals surface area contributed by atoms with Gasteiger partial charge in [-0.3, -0.25) is 28.9 Å². The van der Waals surface area contributed by atoms with Crippen LogP contribution in [0.5, 0.6) is 0 Å². The van der Waals surface area contributed by atoms with E-state index in [0.29, 0.717) is 12.1 Å². The number of amides is 7.